The van der Waals surface area contributed by atoms with Crippen LogP contribution in [0.1, 0.15) is 11.3 Å². The lowest BCUT2D eigenvalue weighted by atomic mass is 10.2. The molecule has 0 saturated carbocycles. The highest BCUT2D eigenvalue weighted by Crippen LogP contribution is 2.00. The maximum Gasteiger partial charge on any atom is 0.137 e. The third kappa shape index (κ3) is 1.90. The van der Waals surface area contributed by atoms with Gasteiger partial charge < -0.3 is 0 Å². The minimum absolute atomic E-state index is 0.729. The maximum atomic E-state index is 4.20. The number of aromatic nitrogens is 4. The standard InChI is InChI=1S/C9H10N4/c1-8-2-3-9(4-11-8)5-13-7-10-6-12-13/h2-4,6-7H,5H2,1H3. The molecule has 0 aromatic carbocycles. The van der Waals surface area contributed by atoms with Crippen LogP contribution >= 0.6 is 0 Å². The van der Waals surface area contributed by atoms with Crippen molar-refractivity contribution in [3.63, 3.8) is 0 Å². The van der Waals surface area contributed by atoms with E-state index in [1.165, 1.54) is 6.33 Å². The minimum Gasteiger partial charge on any atom is -0.261 e. The molecule has 0 bridgehead atoms. The number of hydrogen-bond donors (Lipinski definition) is 0. The first kappa shape index (κ1) is 7.91. The van der Waals surface area contributed by atoms with Crippen LogP contribution in [0.4, 0.5) is 0 Å². The summed E-state index contributed by atoms with van der Waals surface area (Å²) in [5.41, 5.74) is 2.17. The largest absolute Gasteiger partial charge is 0.261 e. The Kier molecular flexibility index (Phi) is 2.04. The number of pyridine rings is 1. The summed E-state index contributed by atoms with van der Waals surface area (Å²) in [7, 11) is 0. The predicted octanol–water partition coefficient (Wildman–Crippen LogP) is 1.03. The van der Waals surface area contributed by atoms with Gasteiger partial charge in [0.25, 0.3) is 0 Å². The lowest BCUT2D eigenvalue weighted by molar-refractivity contribution is 0.682. The molecular weight excluding hydrogens is 164 g/mol. The molecule has 0 aliphatic heterocycles. The number of nitrogens with zero attached hydrogens (tertiary/aromatic N) is 4. The van der Waals surface area contributed by atoms with Gasteiger partial charge in [-0.1, -0.05) is 6.07 Å². The summed E-state index contributed by atoms with van der Waals surface area (Å²) in [6.45, 7) is 2.70. The van der Waals surface area contributed by atoms with Gasteiger partial charge in [-0.25, -0.2) is 9.67 Å². The zero-order valence-electron chi connectivity index (χ0n) is 7.38. The van der Waals surface area contributed by atoms with Crippen LogP contribution in [0.3, 0.4) is 0 Å². The highest BCUT2D eigenvalue weighted by Gasteiger charge is 1.94. The first-order valence-corrected chi connectivity index (χ1v) is 4.08. The Bertz CT molecular complexity index is 363. The van der Waals surface area contributed by atoms with Crippen molar-refractivity contribution in [3.8, 4) is 0 Å². The lowest BCUT2D eigenvalue weighted by Gasteiger charge is -2.00. The molecule has 2 aromatic rings. The number of hydrogen-bond acceptors (Lipinski definition) is 3. The molecule has 2 heterocycles. The zero-order chi connectivity index (χ0) is 9.10. The molecule has 0 aliphatic rings. The van der Waals surface area contributed by atoms with Crippen molar-refractivity contribution in [1.82, 2.24) is 19.7 Å². The Morgan fingerprint density at radius 2 is 2.31 bits per heavy atom. The van der Waals surface area contributed by atoms with E-state index in [4.69, 9.17) is 0 Å². The Morgan fingerprint density at radius 3 is 2.92 bits per heavy atom. The fourth-order valence-corrected chi connectivity index (χ4v) is 1.09. The topological polar surface area (TPSA) is 43.6 Å². The molecule has 2 aromatic heterocycles. The van der Waals surface area contributed by atoms with Crippen molar-refractivity contribution in [2.24, 2.45) is 0 Å². The Morgan fingerprint density at radius 1 is 1.38 bits per heavy atom. The molecule has 2 rings (SSSR count). The monoisotopic (exact) mass is 174 g/mol. The van der Waals surface area contributed by atoms with Gasteiger partial charge in [0.2, 0.25) is 0 Å². The van der Waals surface area contributed by atoms with E-state index < -0.39 is 0 Å². The van der Waals surface area contributed by atoms with Crippen LogP contribution in [0.15, 0.2) is 31.0 Å². The van der Waals surface area contributed by atoms with E-state index in [1.807, 2.05) is 25.3 Å². The van der Waals surface area contributed by atoms with E-state index in [0.717, 1.165) is 17.8 Å². The highest BCUT2D eigenvalue weighted by atomic mass is 15.3. The summed E-state index contributed by atoms with van der Waals surface area (Å²) in [5, 5.41) is 4.01. The molecule has 4 nitrogen and oxygen atoms in total. The molecule has 13 heavy (non-hydrogen) atoms. The molecule has 0 saturated heterocycles. The van der Waals surface area contributed by atoms with Crippen molar-refractivity contribution in [2.75, 3.05) is 0 Å². The molecule has 4 heteroatoms. The third-order valence-corrected chi connectivity index (χ3v) is 1.78. The maximum absolute atomic E-state index is 4.20. The summed E-state index contributed by atoms with van der Waals surface area (Å²) in [6, 6.07) is 4.04. The molecule has 66 valence electrons. The van der Waals surface area contributed by atoms with Crippen molar-refractivity contribution in [1.29, 1.82) is 0 Å². The van der Waals surface area contributed by atoms with Gasteiger partial charge in [-0.05, 0) is 18.6 Å². The van der Waals surface area contributed by atoms with Crippen molar-refractivity contribution >= 4 is 0 Å². The average molecular weight is 174 g/mol. The van der Waals surface area contributed by atoms with Crippen LogP contribution in [0.25, 0.3) is 0 Å². The second-order valence-electron chi connectivity index (χ2n) is 2.90. The third-order valence-electron chi connectivity index (χ3n) is 1.78. The summed E-state index contributed by atoms with van der Waals surface area (Å²) < 4.78 is 1.77. The highest BCUT2D eigenvalue weighted by molar-refractivity contribution is 5.12. The van der Waals surface area contributed by atoms with Gasteiger partial charge in [-0.2, -0.15) is 5.10 Å². The van der Waals surface area contributed by atoms with Gasteiger partial charge in [0.15, 0.2) is 0 Å². The Balaban J connectivity index is 2.15. The van der Waals surface area contributed by atoms with E-state index in [1.54, 1.807) is 11.0 Å². The smallest absolute Gasteiger partial charge is 0.137 e. The van der Waals surface area contributed by atoms with Crippen LogP contribution in [-0.4, -0.2) is 19.7 Å². The number of aryl methyl sites for hydroxylation is 1. The van der Waals surface area contributed by atoms with E-state index in [9.17, 15) is 0 Å². The van der Waals surface area contributed by atoms with Gasteiger partial charge in [0.05, 0.1) is 6.54 Å². The van der Waals surface area contributed by atoms with Crippen LogP contribution < -0.4 is 0 Å². The summed E-state index contributed by atoms with van der Waals surface area (Å²) in [4.78, 5) is 8.07. The zero-order valence-corrected chi connectivity index (χ0v) is 7.38. The van der Waals surface area contributed by atoms with Gasteiger partial charge in [0.1, 0.15) is 12.7 Å². The van der Waals surface area contributed by atoms with Gasteiger partial charge >= 0.3 is 0 Å². The van der Waals surface area contributed by atoms with E-state index in [2.05, 4.69) is 15.1 Å². The van der Waals surface area contributed by atoms with Crippen LogP contribution in [0.5, 0.6) is 0 Å². The molecule has 0 unspecified atom stereocenters. The van der Waals surface area contributed by atoms with Crippen LogP contribution in [0, 0.1) is 6.92 Å². The summed E-state index contributed by atoms with van der Waals surface area (Å²) in [6.07, 6.45) is 5.08. The molecule has 0 spiro atoms. The SMILES string of the molecule is Cc1ccc(Cn2cncn2)cn1. The second kappa shape index (κ2) is 3.35. The average Bonchev–Trinajstić information content (AvgIpc) is 2.62. The van der Waals surface area contributed by atoms with Gasteiger partial charge in [-0.3, -0.25) is 4.98 Å². The Labute approximate surface area is 76.3 Å². The van der Waals surface area contributed by atoms with E-state index in [0.29, 0.717) is 0 Å². The van der Waals surface area contributed by atoms with Crippen molar-refractivity contribution in [3.05, 3.63) is 42.2 Å². The number of rotatable bonds is 2. The van der Waals surface area contributed by atoms with E-state index in [-0.39, 0.29) is 0 Å². The van der Waals surface area contributed by atoms with Gasteiger partial charge in [0, 0.05) is 11.9 Å². The molecule has 0 aliphatic carbocycles. The predicted molar refractivity (Wildman–Crippen MR) is 48.1 cm³/mol. The van der Waals surface area contributed by atoms with Crippen LogP contribution in [0.2, 0.25) is 0 Å². The van der Waals surface area contributed by atoms with Crippen molar-refractivity contribution in [2.45, 2.75) is 13.5 Å². The first-order valence-electron chi connectivity index (χ1n) is 4.08. The van der Waals surface area contributed by atoms with Crippen LogP contribution in [-0.2, 0) is 6.54 Å². The fourth-order valence-electron chi connectivity index (χ4n) is 1.09. The minimum atomic E-state index is 0.729. The van der Waals surface area contributed by atoms with Gasteiger partial charge in [-0.15, -0.1) is 0 Å². The summed E-state index contributed by atoms with van der Waals surface area (Å²) >= 11 is 0. The molecule has 0 fully saturated rings. The van der Waals surface area contributed by atoms with E-state index >= 15 is 0 Å². The molecule has 0 radical (unpaired) electrons. The van der Waals surface area contributed by atoms with Crippen molar-refractivity contribution < 1.29 is 0 Å². The Hall–Kier alpha value is -1.71. The molecular formula is C9H10N4. The lowest BCUT2D eigenvalue weighted by Crippen LogP contribution is -2.00. The quantitative estimate of drug-likeness (QED) is 0.683. The normalized spacial score (nSPS) is 10.2. The molecule has 0 atom stereocenters. The molecule has 0 amide bonds. The summed E-state index contributed by atoms with van der Waals surface area (Å²) in [5.74, 6) is 0. The molecule has 0 N–H and O–H groups in total. The second-order valence-corrected chi connectivity index (χ2v) is 2.90. The fraction of sp³-hybridized carbons (Fsp3) is 0.222. The first-order chi connectivity index (χ1) is 6.34.